The minimum absolute atomic E-state index is 0.0129. The number of carbonyl (C=O) groups is 2. The summed E-state index contributed by atoms with van der Waals surface area (Å²) in [6.07, 6.45) is 1.10. The molecule has 0 unspecified atom stereocenters. The lowest BCUT2D eigenvalue weighted by Gasteiger charge is -2.20. The first-order chi connectivity index (χ1) is 9.76. The average molecular weight is 288 g/mol. The topological polar surface area (TPSA) is 49.4 Å². The predicted molar refractivity (Wildman–Crippen MR) is 84.2 cm³/mol. The molecule has 1 aromatic rings. The van der Waals surface area contributed by atoms with Crippen LogP contribution in [0.25, 0.3) is 0 Å². The molecule has 0 spiro atoms. The van der Waals surface area contributed by atoms with Crippen LogP contribution in [0, 0.1) is 12.3 Å². The van der Waals surface area contributed by atoms with E-state index in [1.54, 1.807) is 4.90 Å². The van der Waals surface area contributed by atoms with Gasteiger partial charge in [0.05, 0.1) is 0 Å². The summed E-state index contributed by atoms with van der Waals surface area (Å²) in [4.78, 5) is 26.1. The number of benzene rings is 1. The fourth-order valence-electron chi connectivity index (χ4n) is 2.52. The largest absolute Gasteiger partial charge is 0.344 e. The van der Waals surface area contributed by atoms with Crippen LogP contribution in [-0.2, 0) is 9.59 Å². The van der Waals surface area contributed by atoms with Gasteiger partial charge in [0.2, 0.25) is 11.8 Å². The zero-order valence-corrected chi connectivity index (χ0v) is 13.3. The van der Waals surface area contributed by atoms with E-state index in [0.29, 0.717) is 19.4 Å². The summed E-state index contributed by atoms with van der Waals surface area (Å²) >= 11 is 0. The Morgan fingerprint density at radius 3 is 2.48 bits per heavy atom. The van der Waals surface area contributed by atoms with Crippen molar-refractivity contribution in [3.8, 4) is 0 Å². The van der Waals surface area contributed by atoms with E-state index in [0.717, 1.165) is 5.69 Å². The molecular weight excluding hydrogens is 264 g/mol. The smallest absolute Gasteiger partial charge is 0.249 e. The fourth-order valence-corrected chi connectivity index (χ4v) is 2.52. The molecule has 1 N–H and O–H groups in total. The van der Waals surface area contributed by atoms with Crippen LogP contribution in [0.3, 0.4) is 0 Å². The van der Waals surface area contributed by atoms with Crippen LogP contribution in [0.4, 0.5) is 5.69 Å². The summed E-state index contributed by atoms with van der Waals surface area (Å²) in [5.74, 6) is -0.0623. The zero-order valence-electron chi connectivity index (χ0n) is 13.3. The van der Waals surface area contributed by atoms with Gasteiger partial charge >= 0.3 is 0 Å². The third-order valence-corrected chi connectivity index (χ3v) is 3.58. The van der Waals surface area contributed by atoms with E-state index in [4.69, 9.17) is 0 Å². The second-order valence-corrected chi connectivity index (χ2v) is 6.97. The normalized spacial score (nSPS) is 19.0. The summed E-state index contributed by atoms with van der Waals surface area (Å²) in [6.45, 7) is 8.72. The monoisotopic (exact) mass is 288 g/mol. The lowest BCUT2D eigenvalue weighted by Crippen LogP contribution is -2.42. The second kappa shape index (κ2) is 5.88. The number of aryl methyl sites for hydroxylation is 1. The highest BCUT2D eigenvalue weighted by Gasteiger charge is 2.34. The molecule has 4 heteroatoms. The van der Waals surface area contributed by atoms with Gasteiger partial charge in [-0.3, -0.25) is 9.59 Å². The molecule has 1 atom stereocenters. The van der Waals surface area contributed by atoms with Crippen LogP contribution < -0.4 is 10.2 Å². The summed E-state index contributed by atoms with van der Waals surface area (Å²) < 4.78 is 0. The molecule has 0 saturated carbocycles. The van der Waals surface area contributed by atoms with Crippen LogP contribution in [0.5, 0.6) is 0 Å². The Balaban J connectivity index is 1.98. The van der Waals surface area contributed by atoms with Crippen molar-refractivity contribution < 1.29 is 9.59 Å². The van der Waals surface area contributed by atoms with Gasteiger partial charge in [-0.15, -0.1) is 0 Å². The Bertz CT molecular complexity index is 529. The van der Waals surface area contributed by atoms with Crippen LogP contribution in [0.1, 0.15) is 39.2 Å². The molecule has 114 valence electrons. The maximum Gasteiger partial charge on any atom is 0.249 e. The molecule has 0 aliphatic carbocycles. The van der Waals surface area contributed by atoms with Crippen molar-refractivity contribution in [2.45, 2.75) is 46.6 Å². The number of amides is 2. The van der Waals surface area contributed by atoms with Crippen molar-refractivity contribution in [2.75, 3.05) is 11.4 Å². The molecule has 1 aliphatic rings. The lowest BCUT2D eigenvalue weighted by atomic mass is 9.92. The molecule has 21 heavy (non-hydrogen) atoms. The Hall–Kier alpha value is -1.84. The predicted octanol–water partition coefficient (Wildman–Crippen LogP) is 2.65. The van der Waals surface area contributed by atoms with Gasteiger partial charge in [0.25, 0.3) is 0 Å². The highest BCUT2D eigenvalue weighted by Crippen LogP contribution is 2.23. The molecule has 0 bridgehead atoms. The van der Waals surface area contributed by atoms with Crippen molar-refractivity contribution in [1.82, 2.24) is 5.32 Å². The van der Waals surface area contributed by atoms with Gasteiger partial charge in [-0.2, -0.15) is 0 Å². The summed E-state index contributed by atoms with van der Waals surface area (Å²) in [5, 5.41) is 2.87. The standard InChI is InChI=1S/C17H24N2O2/c1-12-5-7-13(8-6-12)19-10-9-14(16(19)21)18-15(20)11-17(2,3)4/h5-8,14H,9-11H2,1-4H3,(H,18,20)/t14-/m1/s1. The van der Waals surface area contributed by atoms with Gasteiger partial charge in [0, 0.05) is 18.7 Å². The average Bonchev–Trinajstić information content (AvgIpc) is 2.70. The van der Waals surface area contributed by atoms with Crippen molar-refractivity contribution >= 4 is 17.5 Å². The number of hydrogen-bond donors (Lipinski definition) is 1. The summed E-state index contributed by atoms with van der Waals surface area (Å²) in [5.41, 5.74) is 2.00. The Labute approximate surface area is 126 Å². The minimum Gasteiger partial charge on any atom is -0.344 e. The van der Waals surface area contributed by atoms with Crippen molar-refractivity contribution in [1.29, 1.82) is 0 Å². The zero-order chi connectivity index (χ0) is 15.6. The van der Waals surface area contributed by atoms with Crippen LogP contribution in [-0.4, -0.2) is 24.4 Å². The number of nitrogens with zero attached hydrogens (tertiary/aromatic N) is 1. The quantitative estimate of drug-likeness (QED) is 0.929. The SMILES string of the molecule is Cc1ccc(N2CC[C@@H](NC(=O)CC(C)(C)C)C2=O)cc1. The first-order valence-electron chi connectivity index (χ1n) is 7.44. The van der Waals surface area contributed by atoms with Crippen LogP contribution >= 0.6 is 0 Å². The highest BCUT2D eigenvalue weighted by molar-refractivity contribution is 6.01. The Morgan fingerprint density at radius 2 is 1.90 bits per heavy atom. The van der Waals surface area contributed by atoms with Gasteiger partial charge in [-0.05, 0) is 30.9 Å². The molecule has 0 aromatic heterocycles. The van der Waals surface area contributed by atoms with Gasteiger partial charge in [-0.25, -0.2) is 0 Å². The number of anilines is 1. The molecule has 2 amide bonds. The van der Waals surface area contributed by atoms with Crippen molar-refractivity contribution in [2.24, 2.45) is 5.41 Å². The molecule has 4 nitrogen and oxygen atoms in total. The van der Waals surface area contributed by atoms with Crippen molar-refractivity contribution in [3.05, 3.63) is 29.8 Å². The van der Waals surface area contributed by atoms with Gasteiger partial charge in [0.1, 0.15) is 6.04 Å². The number of hydrogen-bond acceptors (Lipinski definition) is 2. The van der Waals surface area contributed by atoms with E-state index in [1.807, 2.05) is 52.0 Å². The molecule has 1 aliphatic heterocycles. The first-order valence-corrected chi connectivity index (χ1v) is 7.44. The molecule has 1 fully saturated rings. The lowest BCUT2D eigenvalue weighted by molar-refractivity contribution is -0.127. The van der Waals surface area contributed by atoms with E-state index < -0.39 is 0 Å². The second-order valence-electron chi connectivity index (χ2n) is 6.97. The van der Waals surface area contributed by atoms with Crippen LogP contribution in [0.2, 0.25) is 0 Å². The van der Waals surface area contributed by atoms with E-state index in [9.17, 15) is 9.59 Å². The summed E-state index contributed by atoms with van der Waals surface area (Å²) in [7, 11) is 0. The minimum atomic E-state index is -0.388. The van der Waals surface area contributed by atoms with Crippen LogP contribution in [0.15, 0.2) is 24.3 Å². The number of rotatable bonds is 3. The van der Waals surface area contributed by atoms with Gasteiger partial charge < -0.3 is 10.2 Å². The van der Waals surface area contributed by atoms with Gasteiger partial charge in [-0.1, -0.05) is 38.5 Å². The molecule has 1 heterocycles. The third kappa shape index (κ3) is 4.06. The first kappa shape index (κ1) is 15.5. The third-order valence-electron chi connectivity index (χ3n) is 3.58. The fraction of sp³-hybridized carbons (Fsp3) is 0.529. The summed E-state index contributed by atoms with van der Waals surface area (Å²) in [6, 6.07) is 7.50. The maximum atomic E-state index is 12.4. The Morgan fingerprint density at radius 1 is 1.29 bits per heavy atom. The molecule has 2 rings (SSSR count). The Kier molecular flexibility index (Phi) is 4.35. The van der Waals surface area contributed by atoms with E-state index in [2.05, 4.69) is 5.32 Å². The van der Waals surface area contributed by atoms with E-state index in [1.165, 1.54) is 5.56 Å². The number of carbonyl (C=O) groups excluding carboxylic acids is 2. The molecular formula is C17H24N2O2. The molecule has 1 saturated heterocycles. The van der Waals surface area contributed by atoms with E-state index >= 15 is 0 Å². The van der Waals surface area contributed by atoms with E-state index in [-0.39, 0.29) is 23.3 Å². The number of nitrogens with one attached hydrogen (secondary N) is 1. The molecule has 1 aromatic carbocycles. The maximum absolute atomic E-state index is 12.4. The molecule has 0 radical (unpaired) electrons. The highest BCUT2D eigenvalue weighted by atomic mass is 16.2. The van der Waals surface area contributed by atoms with Gasteiger partial charge in [0.15, 0.2) is 0 Å². The van der Waals surface area contributed by atoms with Crippen molar-refractivity contribution in [3.63, 3.8) is 0 Å².